The van der Waals surface area contributed by atoms with Gasteiger partial charge in [0, 0.05) is 37.3 Å². The average Bonchev–Trinajstić information content (AvgIpc) is 3.16. The molecular weight excluding hydrogens is 713 g/mol. The molecule has 0 amide bonds. The maximum atomic E-state index is 4.68. The fraction of sp³-hybridized carbons (Fsp3) is 0.200. The summed E-state index contributed by atoms with van der Waals surface area (Å²) in [6.45, 7) is 6.82. The van der Waals surface area contributed by atoms with Crippen molar-refractivity contribution in [2.45, 2.75) is 43.5 Å². The van der Waals surface area contributed by atoms with E-state index in [1.165, 1.54) is 32.2 Å². The van der Waals surface area contributed by atoms with Gasteiger partial charge in [-0.1, -0.05) is 38.1 Å². The molecule has 1 aliphatic carbocycles. The Balaban J connectivity index is 0.000000186. The molecule has 0 saturated heterocycles. The molecule has 1 aliphatic rings. The molecule has 2 heterocycles. The fourth-order valence-corrected chi connectivity index (χ4v) is 7.46. The predicted molar refractivity (Wildman–Crippen MR) is 162 cm³/mol. The molecule has 2 aromatic heterocycles. The molecule has 199 valence electrons. The zero-order valence-corrected chi connectivity index (χ0v) is 28.0. The standard InChI is InChI=1S/C21H18N.C14H16GeN.Ir/c1-14-8-7-11-16-17-13-22-19(15-9-5-4-6-10-15)12-18(17)21(2,3)20(14)16;1-15(2,3)13-9-10-14(16-11-13)12-7-5-4-6-8-12;/h4-9,11-13H,1-3H3;4-7,9-11H,1-3H3;/q2*-1;. The summed E-state index contributed by atoms with van der Waals surface area (Å²) in [6, 6.07) is 35.6. The van der Waals surface area contributed by atoms with Crippen LogP contribution in [0.3, 0.4) is 0 Å². The normalized spacial score (nSPS) is 12.9. The molecule has 6 rings (SSSR count). The van der Waals surface area contributed by atoms with Crippen molar-refractivity contribution in [1.82, 2.24) is 9.97 Å². The van der Waals surface area contributed by atoms with E-state index in [0.29, 0.717) is 0 Å². The number of nitrogens with zero attached hydrogens (tertiary/aromatic N) is 2. The number of hydrogen-bond donors (Lipinski definition) is 0. The van der Waals surface area contributed by atoms with Crippen LogP contribution in [0.25, 0.3) is 33.6 Å². The Kier molecular flexibility index (Phi) is 8.76. The van der Waals surface area contributed by atoms with Crippen LogP contribution >= 0.6 is 0 Å². The molecule has 3 aromatic carbocycles. The van der Waals surface area contributed by atoms with Crippen molar-refractivity contribution in [3.05, 3.63) is 126 Å². The Bertz CT molecular complexity index is 1550. The molecule has 5 aromatic rings. The van der Waals surface area contributed by atoms with Crippen LogP contribution in [0.4, 0.5) is 0 Å². The second-order valence-electron chi connectivity index (χ2n) is 11.5. The Morgan fingerprint density at radius 3 is 1.90 bits per heavy atom. The van der Waals surface area contributed by atoms with E-state index in [1.54, 1.807) is 0 Å². The van der Waals surface area contributed by atoms with E-state index in [1.807, 2.05) is 54.9 Å². The summed E-state index contributed by atoms with van der Waals surface area (Å²) < 4.78 is 1.44. The van der Waals surface area contributed by atoms with E-state index in [-0.39, 0.29) is 25.5 Å². The third-order valence-electron chi connectivity index (χ3n) is 7.36. The number of rotatable bonds is 3. The number of benzene rings is 3. The van der Waals surface area contributed by atoms with Crippen molar-refractivity contribution in [2.75, 3.05) is 0 Å². The predicted octanol–water partition coefficient (Wildman–Crippen LogP) is 8.26. The van der Waals surface area contributed by atoms with Gasteiger partial charge in [0.1, 0.15) is 0 Å². The number of hydrogen-bond acceptors (Lipinski definition) is 2. The molecule has 39 heavy (non-hydrogen) atoms. The number of aryl methyl sites for hydroxylation is 1. The first-order valence-electron chi connectivity index (χ1n) is 13.2. The van der Waals surface area contributed by atoms with Gasteiger partial charge in [-0.15, -0.1) is 35.9 Å². The SMILES string of the molecule is Cc1cccc2c1C(C)(C)c1cc(-c3[c-]cccc3)ncc1-2.[CH3][Ge]([CH3])([CH3])[c]1ccc(-c2[c-]cccc2)nc1.[Ir]. The van der Waals surface area contributed by atoms with Crippen LogP contribution in [0.2, 0.25) is 17.3 Å². The van der Waals surface area contributed by atoms with Gasteiger partial charge in [-0.2, -0.15) is 0 Å². The summed E-state index contributed by atoms with van der Waals surface area (Å²) in [5, 5.41) is 0. The van der Waals surface area contributed by atoms with Crippen LogP contribution in [0.5, 0.6) is 0 Å². The van der Waals surface area contributed by atoms with E-state index in [2.05, 4.69) is 103 Å². The first-order chi connectivity index (χ1) is 18.2. The van der Waals surface area contributed by atoms with Gasteiger partial charge >= 0.3 is 99.8 Å². The van der Waals surface area contributed by atoms with Gasteiger partial charge in [-0.25, -0.2) is 0 Å². The van der Waals surface area contributed by atoms with Crippen LogP contribution in [0, 0.1) is 19.1 Å². The molecule has 4 heteroatoms. The van der Waals surface area contributed by atoms with Crippen LogP contribution < -0.4 is 4.40 Å². The van der Waals surface area contributed by atoms with Crippen LogP contribution in [0.15, 0.2) is 97.3 Å². The summed E-state index contributed by atoms with van der Waals surface area (Å²) >= 11 is -1.72. The zero-order valence-electron chi connectivity index (χ0n) is 23.5. The largest absolute Gasteiger partial charge is 0 e. The maximum Gasteiger partial charge on any atom is 0 e. The van der Waals surface area contributed by atoms with E-state index in [0.717, 1.165) is 22.5 Å². The minimum absolute atomic E-state index is 0. The first-order valence-corrected chi connectivity index (χ1v) is 20.5. The van der Waals surface area contributed by atoms with Gasteiger partial charge in [0.2, 0.25) is 0 Å². The average molecular weight is 747 g/mol. The van der Waals surface area contributed by atoms with Gasteiger partial charge in [-0.3, -0.25) is 0 Å². The summed E-state index contributed by atoms with van der Waals surface area (Å²) in [4.78, 5) is 9.21. The number of fused-ring (bicyclic) bond motifs is 3. The first kappa shape index (κ1) is 29.1. The second-order valence-corrected chi connectivity index (χ2v) is 22.1. The van der Waals surface area contributed by atoms with E-state index < -0.39 is 13.3 Å². The molecule has 1 radical (unpaired) electrons. The number of pyridine rings is 2. The maximum absolute atomic E-state index is 4.68. The summed E-state index contributed by atoms with van der Waals surface area (Å²) in [7, 11) is 0. The summed E-state index contributed by atoms with van der Waals surface area (Å²) in [5.41, 5.74) is 10.9. The topological polar surface area (TPSA) is 25.8 Å². The number of aromatic nitrogens is 2. The van der Waals surface area contributed by atoms with Gasteiger partial charge in [0.15, 0.2) is 0 Å². The van der Waals surface area contributed by atoms with Crippen molar-refractivity contribution in [1.29, 1.82) is 0 Å². The Hall–Kier alpha value is -2.85. The quantitative estimate of drug-likeness (QED) is 0.137. The monoisotopic (exact) mass is 749 g/mol. The molecule has 0 bridgehead atoms. The Morgan fingerprint density at radius 1 is 0.692 bits per heavy atom. The van der Waals surface area contributed by atoms with Crippen molar-refractivity contribution in [3.63, 3.8) is 0 Å². The molecule has 0 fully saturated rings. The molecule has 0 atom stereocenters. The molecule has 0 spiro atoms. The Morgan fingerprint density at radius 2 is 1.33 bits per heavy atom. The second kappa shape index (κ2) is 11.7. The zero-order chi connectivity index (χ0) is 26.9. The minimum Gasteiger partial charge on any atom is 0 e. The van der Waals surface area contributed by atoms with Crippen LogP contribution in [-0.4, -0.2) is 23.2 Å². The van der Waals surface area contributed by atoms with Crippen molar-refractivity contribution < 1.29 is 20.1 Å². The van der Waals surface area contributed by atoms with Gasteiger partial charge in [0.25, 0.3) is 0 Å². The van der Waals surface area contributed by atoms with E-state index >= 15 is 0 Å². The van der Waals surface area contributed by atoms with E-state index in [9.17, 15) is 0 Å². The molecular formula is C35H34GeIrN2-2. The van der Waals surface area contributed by atoms with Gasteiger partial charge in [0.05, 0.1) is 0 Å². The summed E-state index contributed by atoms with van der Waals surface area (Å²) in [5.74, 6) is 7.14. The summed E-state index contributed by atoms with van der Waals surface area (Å²) in [6.07, 6.45) is 4.06. The van der Waals surface area contributed by atoms with Crippen LogP contribution in [0.1, 0.15) is 30.5 Å². The van der Waals surface area contributed by atoms with E-state index in [4.69, 9.17) is 0 Å². The molecule has 2 nitrogen and oxygen atoms in total. The minimum atomic E-state index is -1.72. The van der Waals surface area contributed by atoms with Crippen LogP contribution in [-0.2, 0) is 25.5 Å². The third kappa shape index (κ3) is 6.01. The van der Waals surface area contributed by atoms with Crippen molar-refractivity contribution >= 4 is 17.7 Å². The van der Waals surface area contributed by atoms with Crippen molar-refractivity contribution in [3.8, 4) is 33.6 Å². The van der Waals surface area contributed by atoms with Gasteiger partial charge in [-0.05, 0) is 34.9 Å². The van der Waals surface area contributed by atoms with Gasteiger partial charge < -0.3 is 4.98 Å². The smallest absolute Gasteiger partial charge is 0 e. The molecule has 0 saturated carbocycles. The third-order valence-corrected chi connectivity index (χ3v) is 11.6. The Labute approximate surface area is 249 Å². The molecule has 0 aliphatic heterocycles. The molecule has 0 N–H and O–H groups in total. The fourth-order valence-electron chi connectivity index (χ4n) is 5.29. The van der Waals surface area contributed by atoms with Crippen molar-refractivity contribution in [2.24, 2.45) is 0 Å². The molecule has 0 unspecified atom stereocenters.